The first-order valence-electron chi connectivity index (χ1n) is 7.95. The highest BCUT2D eigenvalue weighted by molar-refractivity contribution is 7.99. The van der Waals surface area contributed by atoms with Crippen LogP contribution in [0, 0.1) is 0 Å². The summed E-state index contributed by atoms with van der Waals surface area (Å²) in [7, 11) is 0. The molecule has 6 nitrogen and oxygen atoms in total. The molecule has 0 saturated heterocycles. The minimum atomic E-state index is 0.133. The lowest BCUT2D eigenvalue weighted by atomic mass is 10.2. The van der Waals surface area contributed by atoms with E-state index in [2.05, 4.69) is 26.7 Å². The van der Waals surface area contributed by atoms with E-state index in [4.69, 9.17) is 0 Å². The number of nitrogens with zero attached hydrogens (tertiary/aromatic N) is 5. The van der Waals surface area contributed by atoms with Crippen molar-refractivity contribution in [1.29, 1.82) is 0 Å². The Morgan fingerprint density at radius 2 is 2.04 bits per heavy atom. The predicted molar refractivity (Wildman–Crippen MR) is 92.2 cm³/mol. The fourth-order valence-electron chi connectivity index (χ4n) is 2.32. The van der Waals surface area contributed by atoms with Gasteiger partial charge in [0.1, 0.15) is 0 Å². The second-order valence-electron chi connectivity index (χ2n) is 5.05. The minimum absolute atomic E-state index is 0.133. The first-order chi connectivity index (χ1) is 11.2. The van der Waals surface area contributed by atoms with Crippen LogP contribution in [-0.2, 0) is 11.3 Å². The normalized spacial score (nSPS) is 10.7. The van der Waals surface area contributed by atoms with Crippen LogP contribution in [0.15, 0.2) is 29.7 Å². The molecule has 0 N–H and O–H groups in total. The van der Waals surface area contributed by atoms with Crippen molar-refractivity contribution in [3.63, 3.8) is 0 Å². The number of thioether (sulfide) groups is 1. The van der Waals surface area contributed by atoms with Crippen molar-refractivity contribution in [3.05, 3.63) is 24.5 Å². The Balaban J connectivity index is 2.16. The van der Waals surface area contributed by atoms with Gasteiger partial charge in [-0.25, -0.2) is 0 Å². The lowest BCUT2D eigenvalue weighted by Gasteiger charge is -2.18. The molecule has 0 fully saturated rings. The molecule has 2 rings (SSSR count). The zero-order valence-corrected chi connectivity index (χ0v) is 14.7. The summed E-state index contributed by atoms with van der Waals surface area (Å²) < 4.78 is 2.07. The van der Waals surface area contributed by atoms with Gasteiger partial charge in [-0.3, -0.25) is 9.78 Å². The molecule has 2 heterocycles. The molecule has 2 aromatic heterocycles. The molecule has 0 bridgehead atoms. The van der Waals surface area contributed by atoms with Gasteiger partial charge in [0.15, 0.2) is 11.0 Å². The van der Waals surface area contributed by atoms with Gasteiger partial charge < -0.3 is 9.47 Å². The van der Waals surface area contributed by atoms with Crippen LogP contribution in [0.3, 0.4) is 0 Å². The minimum Gasteiger partial charge on any atom is -0.343 e. The Morgan fingerprint density at radius 1 is 1.26 bits per heavy atom. The highest BCUT2D eigenvalue weighted by atomic mass is 32.2. The standard InChI is InChI=1S/C16H23N5OS/c1-4-10-21-15(13-8-7-9-17-11-13)18-19-16(21)23-12-14(22)20(5-2)6-3/h7-9,11H,4-6,10,12H2,1-3H3. The Bertz CT molecular complexity index is 625. The fourth-order valence-corrected chi connectivity index (χ4v) is 3.19. The number of hydrogen-bond acceptors (Lipinski definition) is 5. The maximum atomic E-state index is 12.2. The second-order valence-corrected chi connectivity index (χ2v) is 6.00. The third-order valence-corrected chi connectivity index (χ3v) is 4.48. The fraction of sp³-hybridized carbons (Fsp3) is 0.500. The zero-order chi connectivity index (χ0) is 16.7. The molecule has 0 radical (unpaired) electrons. The highest BCUT2D eigenvalue weighted by Gasteiger charge is 2.16. The molecule has 0 aliphatic rings. The maximum Gasteiger partial charge on any atom is 0.233 e. The molecule has 0 aliphatic heterocycles. The number of carbonyl (C=O) groups excluding carboxylic acids is 1. The number of rotatable bonds is 8. The van der Waals surface area contributed by atoms with Crippen LogP contribution in [-0.4, -0.2) is 49.4 Å². The van der Waals surface area contributed by atoms with Gasteiger partial charge in [-0.1, -0.05) is 18.7 Å². The van der Waals surface area contributed by atoms with Gasteiger partial charge in [0.25, 0.3) is 0 Å². The summed E-state index contributed by atoms with van der Waals surface area (Å²) in [5, 5.41) is 9.35. The third kappa shape index (κ3) is 4.31. The van der Waals surface area contributed by atoms with Crippen molar-refractivity contribution in [1.82, 2.24) is 24.6 Å². The van der Waals surface area contributed by atoms with Crippen LogP contribution in [0.5, 0.6) is 0 Å². The van der Waals surface area contributed by atoms with Crippen molar-refractivity contribution in [2.45, 2.75) is 38.9 Å². The molecule has 23 heavy (non-hydrogen) atoms. The van der Waals surface area contributed by atoms with Crippen LogP contribution in [0.1, 0.15) is 27.2 Å². The van der Waals surface area contributed by atoms with E-state index in [-0.39, 0.29) is 5.91 Å². The molecule has 0 saturated carbocycles. The monoisotopic (exact) mass is 333 g/mol. The molecule has 0 unspecified atom stereocenters. The van der Waals surface area contributed by atoms with Gasteiger partial charge in [-0.05, 0) is 32.4 Å². The van der Waals surface area contributed by atoms with Crippen LogP contribution in [0.2, 0.25) is 0 Å². The summed E-state index contributed by atoms with van der Waals surface area (Å²) in [5.41, 5.74) is 0.940. The molecule has 2 aromatic rings. The molecule has 124 valence electrons. The molecule has 1 amide bonds. The van der Waals surface area contributed by atoms with Gasteiger partial charge in [-0.15, -0.1) is 10.2 Å². The molecular formula is C16H23N5OS. The van der Waals surface area contributed by atoms with E-state index in [1.807, 2.05) is 30.9 Å². The van der Waals surface area contributed by atoms with Crippen molar-refractivity contribution in [2.75, 3.05) is 18.8 Å². The van der Waals surface area contributed by atoms with E-state index < -0.39 is 0 Å². The van der Waals surface area contributed by atoms with Gasteiger partial charge in [0.2, 0.25) is 5.91 Å². The number of hydrogen-bond donors (Lipinski definition) is 0. The highest BCUT2D eigenvalue weighted by Crippen LogP contribution is 2.24. The largest absolute Gasteiger partial charge is 0.343 e. The number of aromatic nitrogens is 4. The zero-order valence-electron chi connectivity index (χ0n) is 13.9. The predicted octanol–water partition coefficient (Wildman–Crippen LogP) is 2.71. The van der Waals surface area contributed by atoms with E-state index in [0.29, 0.717) is 5.75 Å². The van der Waals surface area contributed by atoms with E-state index in [0.717, 1.165) is 42.6 Å². The van der Waals surface area contributed by atoms with E-state index >= 15 is 0 Å². The average molecular weight is 333 g/mol. The summed E-state index contributed by atoms with van der Waals surface area (Å²) >= 11 is 1.45. The summed E-state index contributed by atoms with van der Waals surface area (Å²) in [6.07, 6.45) is 4.50. The molecule has 0 spiro atoms. The number of carbonyl (C=O) groups is 1. The second kappa shape index (κ2) is 8.67. The van der Waals surface area contributed by atoms with Crippen molar-refractivity contribution in [2.24, 2.45) is 0 Å². The average Bonchev–Trinajstić information content (AvgIpc) is 2.98. The molecule has 7 heteroatoms. The Labute approximate surface area is 141 Å². The van der Waals surface area contributed by atoms with Gasteiger partial charge >= 0.3 is 0 Å². The van der Waals surface area contributed by atoms with Crippen LogP contribution in [0.25, 0.3) is 11.4 Å². The summed E-state index contributed by atoms with van der Waals surface area (Å²) in [4.78, 5) is 18.1. The topological polar surface area (TPSA) is 63.9 Å². The van der Waals surface area contributed by atoms with Crippen molar-refractivity contribution >= 4 is 17.7 Å². The van der Waals surface area contributed by atoms with Crippen LogP contribution < -0.4 is 0 Å². The lowest BCUT2D eigenvalue weighted by molar-refractivity contribution is -0.127. The number of amides is 1. The number of pyridine rings is 1. The summed E-state index contributed by atoms with van der Waals surface area (Å²) in [6, 6.07) is 3.86. The third-order valence-electron chi connectivity index (χ3n) is 3.52. The van der Waals surface area contributed by atoms with Crippen molar-refractivity contribution in [3.8, 4) is 11.4 Å². The quantitative estimate of drug-likeness (QED) is 0.695. The van der Waals surface area contributed by atoms with E-state index in [9.17, 15) is 4.79 Å². The molecule has 0 aromatic carbocycles. The smallest absolute Gasteiger partial charge is 0.233 e. The summed E-state index contributed by atoms with van der Waals surface area (Å²) in [6.45, 7) is 8.39. The first-order valence-corrected chi connectivity index (χ1v) is 8.93. The molecule has 0 atom stereocenters. The van der Waals surface area contributed by atoms with E-state index in [1.54, 1.807) is 12.4 Å². The maximum absolute atomic E-state index is 12.2. The Hall–Kier alpha value is -1.89. The Kier molecular flexibility index (Phi) is 6.58. The first kappa shape index (κ1) is 17.5. The van der Waals surface area contributed by atoms with Gasteiger partial charge in [0, 0.05) is 37.6 Å². The lowest BCUT2D eigenvalue weighted by Crippen LogP contribution is -2.31. The van der Waals surface area contributed by atoms with Crippen molar-refractivity contribution < 1.29 is 4.79 Å². The van der Waals surface area contributed by atoms with Crippen LogP contribution in [0.4, 0.5) is 0 Å². The summed E-state index contributed by atoms with van der Waals surface area (Å²) in [5.74, 6) is 1.32. The molecule has 0 aliphatic carbocycles. The van der Waals surface area contributed by atoms with E-state index in [1.165, 1.54) is 11.8 Å². The van der Waals surface area contributed by atoms with Gasteiger partial charge in [0.05, 0.1) is 5.75 Å². The SMILES string of the molecule is CCCn1c(SCC(=O)N(CC)CC)nnc1-c1cccnc1. The van der Waals surface area contributed by atoms with Crippen LogP contribution >= 0.6 is 11.8 Å². The molecular weight excluding hydrogens is 310 g/mol. The van der Waals surface area contributed by atoms with Gasteiger partial charge in [-0.2, -0.15) is 0 Å². The Morgan fingerprint density at radius 3 is 2.65 bits per heavy atom.